The van der Waals surface area contributed by atoms with Gasteiger partial charge in [-0.15, -0.1) is 0 Å². The maximum atomic E-state index is 3.48. The predicted octanol–water partition coefficient (Wildman–Crippen LogP) is 2.52. The zero-order valence-electron chi connectivity index (χ0n) is 8.18. The number of hydrogen-bond acceptors (Lipinski definition) is 2. The minimum Gasteiger partial charge on any atom is -0.314 e. The predicted molar refractivity (Wildman–Crippen MR) is 55.3 cm³/mol. The van der Waals surface area contributed by atoms with Crippen LogP contribution in [-0.4, -0.2) is 24.1 Å². The molecular weight excluding hydrogens is 154 g/mol. The summed E-state index contributed by atoms with van der Waals surface area (Å²) in [6.07, 6.45) is 4.69. The van der Waals surface area contributed by atoms with Crippen molar-refractivity contribution in [3.05, 3.63) is 0 Å². The fourth-order valence-electron chi connectivity index (χ4n) is 0.795. The molecule has 0 saturated carbocycles. The topological polar surface area (TPSA) is 12.0 Å². The van der Waals surface area contributed by atoms with Crippen LogP contribution in [-0.2, 0) is 0 Å². The summed E-state index contributed by atoms with van der Waals surface area (Å²) < 4.78 is 0. The highest BCUT2D eigenvalue weighted by atomic mass is 32.2. The third-order valence-corrected chi connectivity index (χ3v) is 3.10. The summed E-state index contributed by atoms with van der Waals surface area (Å²) in [5.74, 6) is 0. The third-order valence-electron chi connectivity index (χ3n) is 2.06. The fourth-order valence-corrected chi connectivity index (χ4v) is 1.15. The number of rotatable bonds is 6. The first-order chi connectivity index (χ1) is 5.20. The quantitative estimate of drug-likeness (QED) is 0.666. The highest BCUT2D eigenvalue weighted by Gasteiger charge is 2.00. The van der Waals surface area contributed by atoms with E-state index in [1.54, 1.807) is 0 Å². The van der Waals surface area contributed by atoms with Gasteiger partial charge in [0.15, 0.2) is 0 Å². The third kappa shape index (κ3) is 6.70. The summed E-state index contributed by atoms with van der Waals surface area (Å²) in [6.45, 7) is 7.90. The van der Waals surface area contributed by atoms with E-state index in [1.165, 1.54) is 12.8 Å². The maximum Gasteiger partial charge on any atom is 0.00361 e. The molecule has 11 heavy (non-hydrogen) atoms. The van der Waals surface area contributed by atoms with E-state index in [0.29, 0.717) is 6.04 Å². The van der Waals surface area contributed by atoms with Crippen LogP contribution in [0.1, 0.15) is 33.6 Å². The second-order valence-electron chi connectivity index (χ2n) is 3.10. The summed E-state index contributed by atoms with van der Waals surface area (Å²) in [5, 5.41) is 4.28. The molecule has 0 radical (unpaired) electrons. The van der Waals surface area contributed by atoms with E-state index in [4.69, 9.17) is 0 Å². The first-order valence-corrected chi connectivity index (χ1v) is 5.75. The molecule has 2 heteroatoms. The van der Waals surface area contributed by atoms with Gasteiger partial charge in [-0.3, -0.25) is 0 Å². The molecule has 0 aliphatic rings. The molecule has 0 fully saturated rings. The van der Waals surface area contributed by atoms with Gasteiger partial charge in [0.05, 0.1) is 0 Å². The van der Waals surface area contributed by atoms with E-state index in [9.17, 15) is 0 Å². The number of hydrogen-bond donors (Lipinski definition) is 1. The Morgan fingerprint density at radius 3 is 2.45 bits per heavy atom. The molecule has 0 bridgehead atoms. The van der Waals surface area contributed by atoms with Crippen LogP contribution in [0, 0.1) is 0 Å². The average Bonchev–Trinajstić information content (AvgIpc) is 2.04. The number of thioether (sulfide) groups is 1. The van der Waals surface area contributed by atoms with Crippen LogP contribution in [0.3, 0.4) is 0 Å². The van der Waals surface area contributed by atoms with Crippen molar-refractivity contribution in [3.63, 3.8) is 0 Å². The molecule has 0 amide bonds. The first-order valence-electron chi connectivity index (χ1n) is 4.46. The van der Waals surface area contributed by atoms with E-state index in [-0.39, 0.29) is 0 Å². The lowest BCUT2D eigenvalue weighted by Crippen LogP contribution is -2.27. The van der Waals surface area contributed by atoms with E-state index < -0.39 is 0 Å². The molecule has 0 aromatic carbocycles. The van der Waals surface area contributed by atoms with Crippen molar-refractivity contribution in [3.8, 4) is 0 Å². The van der Waals surface area contributed by atoms with Crippen molar-refractivity contribution in [2.75, 3.05) is 12.8 Å². The Morgan fingerprint density at radius 2 is 2.00 bits per heavy atom. The van der Waals surface area contributed by atoms with E-state index >= 15 is 0 Å². The van der Waals surface area contributed by atoms with Crippen LogP contribution in [0.5, 0.6) is 0 Å². The summed E-state index contributed by atoms with van der Waals surface area (Å²) >= 11 is 1.94. The number of nitrogens with one attached hydrogen (secondary N) is 1. The van der Waals surface area contributed by atoms with Gasteiger partial charge < -0.3 is 5.32 Å². The van der Waals surface area contributed by atoms with Gasteiger partial charge in [0, 0.05) is 11.3 Å². The maximum absolute atomic E-state index is 3.48. The van der Waals surface area contributed by atoms with Gasteiger partial charge in [0.25, 0.3) is 0 Å². The monoisotopic (exact) mass is 175 g/mol. The van der Waals surface area contributed by atoms with Crippen LogP contribution in [0.15, 0.2) is 0 Å². The standard InChI is InChI=1S/C9H21NS/c1-5-8(2)10-7-6-9(3)11-4/h8-10H,5-7H2,1-4H3. The molecule has 68 valence electrons. The lowest BCUT2D eigenvalue weighted by atomic mass is 10.2. The van der Waals surface area contributed by atoms with Crippen LogP contribution >= 0.6 is 11.8 Å². The summed E-state index contributed by atoms with van der Waals surface area (Å²) in [7, 11) is 0. The molecule has 0 spiro atoms. The Hall–Kier alpha value is 0.310. The van der Waals surface area contributed by atoms with Crippen molar-refractivity contribution in [1.82, 2.24) is 5.32 Å². The van der Waals surface area contributed by atoms with E-state index in [1.807, 2.05) is 11.8 Å². The summed E-state index contributed by atoms with van der Waals surface area (Å²) in [4.78, 5) is 0. The SMILES string of the molecule is CCC(C)NCCC(C)SC. The molecule has 0 heterocycles. The molecule has 1 nitrogen and oxygen atoms in total. The van der Waals surface area contributed by atoms with E-state index in [0.717, 1.165) is 11.8 Å². The highest BCUT2D eigenvalue weighted by Crippen LogP contribution is 2.08. The second-order valence-corrected chi connectivity index (χ2v) is 4.37. The van der Waals surface area contributed by atoms with Crippen LogP contribution in [0.2, 0.25) is 0 Å². The molecule has 0 aliphatic heterocycles. The minimum absolute atomic E-state index is 0.684. The van der Waals surface area contributed by atoms with Gasteiger partial charge in [-0.1, -0.05) is 13.8 Å². The van der Waals surface area contributed by atoms with Crippen LogP contribution in [0.25, 0.3) is 0 Å². The van der Waals surface area contributed by atoms with Crippen LogP contribution < -0.4 is 5.32 Å². The van der Waals surface area contributed by atoms with Crippen LogP contribution in [0.4, 0.5) is 0 Å². The van der Waals surface area contributed by atoms with Crippen molar-refractivity contribution < 1.29 is 0 Å². The largest absolute Gasteiger partial charge is 0.314 e. The molecule has 2 unspecified atom stereocenters. The van der Waals surface area contributed by atoms with E-state index in [2.05, 4.69) is 32.3 Å². The zero-order chi connectivity index (χ0) is 8.69. The second kappa shape index (κ2) is 6.99. The molecule has 1 N–H and O–H groups in total. The molecule has 0 rings (SSSR count). The van der Waals surface area contributed by atoms with Crippen molar-refractivity contribution in [2.45, 2.75) is 44.9 Å². The molecule has 2 atom stereocenters. The minimum atomic E-state index is 0.684. The highest BCUT2D eigenvalue weighted by molar-refractivity contribution is 7.99. The van der Waals surface area contributed by atoms with Gasteiger partial charge >= 0.3 is 0 Å². The Kier molecular flexibility index (Phi) is 7.18. The van der Waals surface area contributed by atoms with Gasteiger partial charge in [-0.05, 0) is 32.6 Å². The lowest BCUT2D eigenvalue weighted by molar-refractivity contribution is 0.524. The Labute approximate surface area is 75.3 Å². The van der Waals surface area contributed by atoms with Crippen molar-refractivity contribution in [2.24, 2.45) is 0 Å². The first kappa shape index (κ1) is 11.3. The average molecular weight is 175 g/mol. The van der Waals surface area contributed by atoms with Gasteiger partial charge in [0.2, 0.25) is 0 Å². The Bertz CT molecular complexity index is 75.6. The molecule has 0 aliphatic carbocycles. The lowest BCUT2D eigenvalue weighted by Gasteiger charge is -2.13. The summed E-state index contributed by atoms with van der Waals surface area (Å²) in [5.41, 5.74) is 0. The Balaban J connectivity index is 3.13. The van der Waals surface area contributed by atoms with Crippen molar-refractivity contribution in [1.29, 1.82) is 0 Å². The van der Waals surface area contributed by atoms with Gasteiger partial charge in [0.1, 0.15) is 0 Å². The molecular formula is C9H21NS. The Morgan fingerprint density at radius 1 is 1.36 bits per heavy atom. The molecule has 0 saturated heterocycles. The van der Waals surface area contributed by atoms with Gasteiger partial charge in [-0.25, -0.2) is 0 Å². The smallest absolute Gasteiger partial charge is 0.00361 e. The zero-order valence-corrected chi connectivity index (χ0v) is 9.00. The summed E-state index contributed by atoms with van der Waals surface area (Å²) in [6, 6.07) is 0.684. The molecule has 0 aromatic rings. The normalized spacial score (nSPS) is 16.4. The fraction of sp³-hybridized carbons (Fsp3) is 1.00. The molecule has 0 aromatic heterocycles. The van der Waals surface area contributed by atoms with Gasteiger partial charge in [-0.2, -0.15) is 11.8 Å². The van der Waals surface area contributed by atoms with Crippen molar-refractivity contribution >= 4 is 11.8 Å².